The van der Waals surface area contributed by atoms with Crippen LogP contribution in [0.2, 0.25) is 0 Å². The quantitative estimate of drug-likeness (QED) is 0.592. The number of nitrogens with zero attached hydrogens (tertiary/aromatic N) is 2. The van der Waals surface area contributed by atoms with Gasteiger partial charge >= 0.3 is 0 Å². The minimum atomic E-state index is -3.36. The predicted molar refractivity (Wildman–Crippen MR) is 121 cm³/mol. The number of sulfonamides is 1. The fraction of sp³-hybridized carbons (Fsp3) is 0.409. The average Bonchev–Trinajstić information content (AvgIpc) is 2.82. The molecule has 0 atom stereocenters. The number of carbonyl (C=O) groups excluding carboxylic acids is 1. The number of benzene rings is 2. The summed E-state index contributed by atoms with van der Waals surface area (Å²) in [4.78, 5) is 14.6. The molecule has 1 saturated heterocycles. The maximum Gasteiger partial charge on any atom is 0.251 e. The van der Waals surface area contributed by atoms with Crippen molar-refractivity contribution in [2.24, 2.45) is 0 Å². The van der Waals surface area contributed by atoms with E-state index in [0.29, 0.717) is 49.7 Å². The molecule has 2 aromatic rings. The van der Waals surface area contributed by atoms with Crippen LogP contribution in [0.25, 0.3) is 0 Å². The Kier molecular flexibility index (Phi) is 7.75. The van der Waals surface area contributed by atoms with Gasteiger partial charge in [-0.3, -0.25) is 4.79 Å². The van der Waals surface area contributed by atoms with Crippen molar-refractivity contribution < 1.29 is 22.7 Å². The monoisotopic (exact) mass is 447 g/mol. The van der Waals surface area contributed by atoms with E-state index in [1.54, 1.807) is 22.5 Å². The molecule has 0 spiro atoms. The van der Waals surface area contributed by atoms with Crippen LogP contribution in [0.15, 0.2) is 48.5 Å². The average molecular weight is 448 g/mol. The first-order valence-corrected chi connectivity index (χ1v) is 11.8. The number of methoxy groups -OCH3 is 2. The van der Waals surface area contributed by atoms with Crippen molar-refractivity contribution in [2.45, 2.75) is 6.42 Å². The molecule has 1 aliphatic rings. The number of rotatable bonds is 9. The molecule has 0 unspecified atom stereocenters. The van der Waals surface area contributed by atoms with Gasteiger partial charge < -0.3 is 19.7 Å². The number of ether oxygens (including phenoxy) is 2. The molecule has 0 radical (unpaired) electrons. The molecule has 0 aliphatic carbocycles. The minimum Gasteiger partial charge on any atom is -0.497 e. The molecule has 8 nitrogen and oxygen atoms in total. The molecule has 1 fully saturated rings. The molecule has 9 heteroatoms. The number of hydrogen-bond acceptors (Lipinski definition) is 6. The molecule has 2 aromatic carbocycles. The fourth-order valence-corrected chi connectivity index (χ4v) is 4.98. The molecular formula is C22H29N3O5S. The Morgan fingerprint density at radius 2 is 1.58 bits per heavy atom. The summed E-state index contributed by atoms with van der Waals surface area (Å²) in [6.07, 6.45) is 0.341. The van der Waals surface area contributed by atoms with Gasteiger partial charge in [0, 0.05) is 50.0 Å². The van der Waals surface area contributed by atoms with Gasteiger partial charge in [-0.15, -0.1) is 0 Å². The zero-order valence-corrected chi connectivity index (χ0v) is 18.7. The third kappa shape index (κ3) is 6.11. The molecule has 1 N–H and O–H groups in total. The second-order valence-electron chi connectivity index (χ2n) is 7.25. The van der Waals surface area contributed by atoms with Crippen molar-refractivity contribution in [1.82, 2.24) is 9.62 Å². The van der Waals surface area contributed by atoms with Crippen LogP contribution < -0.4 is 19.7 Å². The highest BCUT2D eigenvalue weighted by atomic mass is 32.2. The Morgan fingerprint density at radius 1 is 0.968 bits per heavy atom. The Balaban J connectivity index is 1.45. The van der Waals surface area contributed by atoms with E-state index in [1.807, 2.05) is 30.3 Å². The molecule has 0 bridgehead atoms. The lowest BCUT2D eigenvalue weighted by Gasteiger charge is -2.35. The SMILES string of the molecule is COc1cc(OC)cc(C(=O)NCCCS(=O)(=O)N2CCN(c3ccccc3)CC2)c1. The lowest BCUT2D eigenvalue weighted by molar-refractivity contribution is 0.0953. The Bertz CT molecular complexity index is 952. The Hall–Kier alpha value is -2.78. The van der Waals surface area contributed by atoms with Crippen LogP contribution in [-0.2, 0) is 10.0 Å². The lowest BCUT2D eigenvalue weighted by Crippen LogP contribution is -2.49. The van der Waals surface area contributed by atoms with Crippen molar-refractivity contribution in [1.29, 1.82) is 0 Å². The molecule has 31 heavy (non-hydrogen) atoms. The second kappa shape index (κ2) is 10.5. The molecule has 168 valence electrons. The molecule has 0 saturated carbocycles. The van der Waals surface area contributed by atoms with Crippen molar-refractivity contribution >= 4 is 21.6 Å². The normalized spacial score (nSPS) is 14.8. The summed E-state index contributed by atoms with van der Waals surface area (Å²) in [7, 11) is -0.328. The summed E-state index contributed by atoms with van der Waals surface area (Å²) in [5.74, 6) is 0.731. The third-order valence-corrected chi connectivity index (χ3v) is 7.19. The van der Waals surface area contributed by atoms with Gasteiger partial charge in [0.2, 0.25) is 10.0 Å². The highest BCUT2D eigenvalue weighted by Gasteiger charge is 2.26. The highest BCUT2D eigenvalue weighted by molar-refractivity contribution is 7.89. The minimum absolute atomic E-state index is 0.0000485. The zero-order chi connectivity index (χ0) is 22.3. The molecule has 3 rings (SSSR count). The third-order valence-electron chi connectivity index (χ3n) is 5.23. The van der Waals surface area contributed by atoms with Crippen molar-refractivity contribution in [2.75, 3.05) is 57.6 Å². The van der Waals surface area contributed by atoms with Crippen LogP contribution in [0.4, 0.5) is 5.69 Å². The van der Waals surface area contributed by atoms with E-state index in [2.05, 4.69) is 10.2 Å². The molecular weight excluding hydrogens is 418 g/mol. The van der Waals surface area contributed by atoms with E-state index in [-0.39, 0.29) is 18.2 Å². The summed E-state index contributed by atoms with van der Waals surface area (Å²) in [5, 5.41) is 2.76. The van der Waals surface area contributed by atoms with Crippen molar-refractivity contribution in [3.63, 3.8) is 0 Å². The van der Waals surface area contributed by atoms with Gasteiger partial charge in [0.05, 0.1) is 20.0 Å². The smallest absolute Gasteiger partial charge is 0.251 e. The molecule has 1 heterocycles. The molecule has 1 aliphatic heterocycles. The first kappa shape index (κ1) is 22.9. The van der Waals surface area contributed by atoms with Crippen LogP contribution >= 0.6 is 0 Å². The lowest BCUT2D eigenvalue weighted by atomic mass is 10.2. The standard InChI is InChI=1S/C22H29N3O5S/c1-29-20-15-18(16-21(17-20)30-2)22(26)23-9-6-14-31(27,28)25-12-10-24(11-13-25)19-7-4-3-5-8-19/h3-5,7-8,15-17H,6,9-14H2,1-2H3,(H,23,26). The van der Waals surface area contributed by atoms with Crippen molar-refractivity contribution in [3.8, 4) is 11.5 Å². The molecule has 1 amide bonds. The van der Waals surface area contributed by atoms with Gasteiger partial charge in [-0.1, -0.05) is 18.2 Å². The topological polar surface area (TPSA) is 88.2 Å². The van der Waals surface area contributed by atoms with Crippen LogP contribution in [0.1, 0.15) is 16.8 Å². The summed E-state index contributed by atoms with van der Waals surface area (Å²) in [6.45, 7) is 2.53. The van der Waals surface area contributed by atoms with E-state index >= 15 is 0 Å². The van der Waals surface area contributed by atoms with Gasteiger partial charge in [0.25, 0.3) is 5.91 Å². The Labute approximate surface area is 183 Å². The fourth-order valence-electron chi connectivity index (χ4n) is 3.49. The van der Waals surface area contributed by atoms with E-state index in [0.717, 1.165) is 5.69 Å². The summed E-state index contributed by atoms with van der Waals surface area (Å²) in [5.41, 5.74) is 1.51. The van der Waals surface area contributed by atoms with Gasteiger partial charge in [0.1, 0.15) is 11.5 Å². The second-order valence-corrected chi connectivity index (χ2v) is 9.34. The number of hydrogen-bond donors (Lipinski definition) is 1. The number of anilines is 1. The number of para-hydroxylation sites is 1. The van der Waals surface area contributed by atoms with E-state index in [9.17, 15) is 13.2 Å². The van der Waals surface area contributed by atoms with E-state index in [1.165, 1.54) is 14.2 Å². The number of piperazine rings is 1. The zero-order valence-electron chi connectivity index (χ0n) is 17.9. The van der Waals surface area contributed by atoms with Crippen LogP contribution in [0.5, 0.6) is 11.5 Å². The van der Waals surface area contributed by atoms with Crippen LogP contribution in [0.3, 0.4) is 0 Å². The maximum atomic E-state index is 12.7. The van der Waals surface area contributed by atoms with E-state index < -0.39 is 10.0 Å². The van der Waals surface area contributed by atoms with E-state index in [4.69, 9.17) is 9.47 Å². The first-order valence-electron chi connectivity index (χ1n) is 10.2. The molecule has 0 aromatic heterocycles. The predicted octanol–water partition coefficient (Wildman–Crippen LogP) is 1.98. The van der Waals surface area contributed by atoms with Gasteiger partial charge in [-0.05, 0) is 30.7 Å². The van der Waals surface area contributed by atoms with Crippen LogP contribution in [0, 0.1) is 0 Å². The van der Waals surface area contributed by atoms with Gasteiger partial charge in [0.15, 0.2) is 0 Å². The highest BCUT2D eigenvalue weighted by Crippen LogP contribution is 2.22. The number of carbonyl (C=O) groups is 1. The first-order chi connectivity index (χ1) is 14.9. The maximum absolute atomic E-state index is 12.7. The number of amides is 1. The largest absolute Gasteiger partial charge is 0.497 e. The summed E-state index contributed by atoms with van der Waals surface area (Å²) >= 11 is 0. The van der Waals surface area contributed by atoms with Crippen molar-refractivity contribution in [3.05, 3.63) is 54.1 Å². The van der Waals surface area contributed by atoms with Gasteiger partial charge in [-0.2, -0.15) is 4.31 Å². The van der Waals surface area contributed by atoms with Gasteiger partial charge in [-0.25, -0.2) is 8.42 Å². The Morgan fingerprint density at radius 3 is 2.16 bits per heavy atom. The van der Waals surface area contributed by atoms with Crippen LogP contribution in [-0.4, -0.2) is 71.3 Å². The summed E-state index contributed by atoms with van der Waals surface area (Å²) < 4.78 is 37.2. The number of nitrogens with one attached hydrogen (secondary N) is 1. The summed E-state index contributed by atoms with van der Waals surface area (Å²) in [6, 6.07) is 14.9.